The fourth-order valence-corrected chi connectivity index (χ4v) is 2.94. The Morgan fingerprint density at radius 2 is 2.12 bits per heavy atom. The highest BCUT2D eigenvalue weighted by Crippen LogP contribution is 2.34. The highest BCUT2D eigenvalue weighted by molar-refractivity contribution is 6.30. The van der Waals surface area contributed by atoms with Crippen LogP contribution >= 0.6 is 11.6 Å². The van der Waals surface area contributed by atoms with Gasteiger partial charge in [-0.3, -0.25) is 4.98 Å². The summed E-state index contributed by atoms with van der Waals surface area (Å²) < 4.78 is 14.2. The molecule has 0 unspecified atom stereocenters. The summed E-state index contributed by atoms with van der Waals surface area (Å²) in [5.74, 6) is 1.14. The zero-order valence-electron chi connectivity index (χ0n) is 14.0. The zero-order valence-corrected chi connectivity index (χ0v) is 14.7. The van der Waals surface area contributed by atoms with Crippen molar-refractivity contribution in [3.8, 4) is 11.3 Å². The molecule has 7 heteroatoms. The van der Waals surface area contributed by atoms with Gasteiger partial charge in [0.15, 0.2) is 0 Å². The molecule has 2 N–H and O–H groups in total. The fourth-order valence-electron chi connectivity index (χ4n) is 2.77. The van der Waals surface area contributed by atoms with E-state index in [-0.39, 0.29) is 5.82 Å². The molecule has 1 aromatic carbocycles. The van der Waals surface area contributed by atoms with Gasteiger partial charge in [-0.15, -0.1) is 0 Å². The number of fused-ring (bicyclic) bond motifs is 1. The lowest BCUT2D eigenvalue weighted by molar-refractivity contribution is 0.631. The number of aromatic nitrogens is 3. The number of nitrogens with zero attached hydrogens (tertiary/aromatic N) is 3. The Morgan fingerprint density at radius 1 is 1.27 bits per heavy atom. The second-order valence-corrected chi connectivity index (χ2v) is 6.48. The maximum atomic E-state index is 14.2. The van der Waals surface area contributed by atoms with Gasteiger partial charge in [0.05, 0.1) is 16.9 Å². The summed E-state index contributed by atoms with van der Waals surface area (Å²) in [6, 6.07) is 6.18. The molecule has 0 spiro atoms. The van der Waals surface area contributed by atoms with E-state index < -0.39 is 0 Å². The van der Waals surface area contributed by atoms with Gasteiger partial charge < -0.3 is 10.6 Å². The van der Waals surface area contributed by atoms with Crippen molar-refractivity contribution in [3.63, 3.8) is 0 Å². The van der Waals surface area contributed by atoms with Crippen LogP contribution in [0.3, 0.4) is 0 Å². The first-order valence-corrected chi connectivity index (χ1v) is 8.37. The summed E-state index contributed by atoms with van der Waals surface area (Å²) in [7, 11) is 0. The molecule has 130 valence electrons. The van der Waals surface area contributed by atoms with Crippen molar-refractivity contribution in [2.75, 3.05) is 10.6 Å². The van der Waals surface area contributed by atoms with Gasteiger partial charge in [-0.25, -0.2) is 14.4 Å². The number of hydrogen-bond acceptors (Lipinski definition) is 5. The first-order valence-electron chi connectivity index (χ1n) is 7.99. The second kappa shape index (κ2) is 6.38. The van der Waals surface area contributed by atoms with Gasteiger partial charge in [0, 0.05) is 28.9 Å². The molecule has 0 saturated carbocycles. The summed E-state index contributed by atoms with van der Waals surface area (Å²) in [4.78, 5) is 12.9. The molecule has 0 radical (unpaired) electrons. The Hall–Kier alpha value is -2.99. The smallest absolute Gasteiger partial charge is 0.140 e. The summed E-state index contributed by atoms with van der Waals surface area (Å²) in [5, 5.41) is 6.88. The molecule has 3 aromatic rings. The van der Waals surface area contributed by atoms with Gasteiger partial charge in [0.1, 0.15) is 23.8 Å². The van der Waals surface area contributed by atoms with E-state index in [1.807, 2.05) is 6.92 Å². The van der Waals surface area contributed by atoms with Gasteiger partial charge in [-0.05, 0) is 36.8 Å². The van der Waals surface area contributed by atoms with Crippen LogP contribution in [0, 0.1) is 5.82 Å². The van der Waals surface area contributed by atoms with Crippen LogP contribution in [-0.2, 0) is 6.54 Å². The molecule has 1 aliphatic rings. The first-order chi connectivity index (χ1) is 12.5. The molecule has 26 heavy (non-hydrogen) atoms. The molecule has 0 fully saturated rings. The number of hydrogen-bond donors (Lipinski definition) is 2. The Bertz CT molecular complexity index is 1030. The molecule has 4 rings (SSSR count). The molecule has 2 aromatic heterocycles. The highest BCUT2D eigenvalue weighted by atomic mass is 35.5. The summed E-state index contributed by atoms with van der Waals surface area (Å²) >= 11 is 6.02. The topological polar surface area (TPSA) is 62.7 Å². The Balaban J connectivity index is 1.80. The van der Waals surface area contributed by atoms with Crippen LogP contribution in [-0.4, -0.2) is 15.0 Å². The third-order valence-electron chi connectivity index (χ3n) is 4.20. The third-order valence-corrected chi connectivity index (χ3v) is 4.43. The number of rotatable bonds is 4. The van der Waals surface area contributed by atoms with Crippen molar-refractivity contribution in [3.05, 3.63) is 65.3 Å². The lowest BCUT2D eigenvalue weighted by Crippen LogP contribution is -2.18. The minimum absolute atomic E-state index is 0.339. The average molecular weight is 368 g/mol. The maximum absolute atomic E-state index is 14.2. The first kappa shape index (κ1) is 16.5. The molecule has 5 nitrogen and oxygen atoms in total. The van der Waals surface area contributed by atoms with Crippen LogP contribution in [0.15, 0.2) is 43.4 Å². The Morgan fingerprint density at radius 3 is 2.85 bits per heavy atom. The number of nitrogens with one attached hydrogen (secondary N) is 2. The molecule has 3 heterocycles. The van der Waals surface area contributed by atoms with Gasteiger partial charge in [-0.2, -0.15) is 0 Å². The predicted octanol–water partition coefficient (Wildman–Crippen LogP) is 5.03. The molecule has 0 saturated heterocycles. The van der Waals surface area contributed by atoms with Crippen molar-refractivity contribution in [2.24, 2.45) is 0 Å². The SMILES string of the molecule is C=C(C)c1cnc(-c2cc(Cl)ccc2F)cc1Nc1ncnc2c1CN2. The van der Waals surface area contributed by atoms with Crippen LogP contribution in [0.1, 0.15) is 18.1 Å². The monoisotopic (exact) mass is 367 g/mol. The van der Waals surface area contributed by atoms with E-state index in [4.69, 9.17) is 11.6 Å². The summed E-state index contributed by atoms with van der Waals surface area (Å²) in [5.41, 5.74) is 4.23. The number of anilines is 3. The molecule has 0 bridgehead atoms. The van der Waals surface area contributed by atoms with Crippen LogP contribution in [0.25, 0.3) is 16.8 Å². The van der Waals surface area contributed by atoms with Crippen LogP contribution < -0.4 is 10.6 Å². The Kier molecular flexibility index (Phi) is 4.05. The number of halogens is 2. The predicted molar refractivity (Wildman–Crippen MR) is 102 cm³/mol. The van der Waals surface area contributed by atoms with Crippen molar-refractivity contribution in [1.82, 2.24) is 15.0 Å². The van der Waals surface area contributed by atoms with E-state index in [0.717, 1.165) is 28.2 Å². The Labute approximate surface area is 155 Å². The van der Waals surface area contributed by atoms with Crippen molar-refractivity contribution >= 4 is 34.5 Å². The third kappa shape index (κ3) is 2.88. The normalized spacial score (nSPS) is 12.0. The van der Waals surface area contributed by atoms with E-state index in [9.17, 15) is 4.39 Å². The van der Waals surface area contributed by atoms with Crippen LogP contribution in [0.2, 0.25) is 5.02 Å². The summed E-state index contributed by atoms with van der Waals surface area (Å²) in [6.45, 7) is 6.58. The number of pyridine rings is 1. The molecular formula is C19H15ClFN5. The lowest BCUT2D eigenvalue weighted by atomic mass is 10.0. The molecular weight excluding hydrogens is 353 g/mol. The van der Waals surface area contributed by atoms with Crippen molar-refractivity contribution in [2.45, 2.75) is 13.5 Å². The van der Waals surface area contributed by atoms with Gasteiger partial charge in [-0.1, -0.05) is 18.2 Å². The van der Waals surface area contributed by atoms with Gasteiger partial charge in [0.25, 0.3) is 0 Å². The highest BCUT2D eigenvalue weighted by Gasteiger charge is 2.20. The fraction of sp³-hybridized carbons (Fsp3) is 0.105. The summed E-state index contributed by atoms with van der Waals surface area (Å²) in [6.07, 6.45) is 3.17. The number of allylic oxidation sites excluding steroid dienone is 1. The quantitative estimate of drug-likeness (QED) is 0.676. The largest absolute Gasteiger partial charge is 0.365 e. The van der Waals surface area contributed by atoms with E-state index in [0.29, 0.717) is 28.6 Å². The molecule has 0 amide bonds. The van der Waals surface area contributed by atoms with E-state index in [1.165, 1.54) is 18.5 Å². The zero-order chi connectivity index (χ0) is 18.3. The minimum Gasteiger partial charge on any atom is -0.365 e. The van der Waals surface area contributed by atoms with Crippen LogP contribution in [0.4, 0.5) is 21.7 Å². The lowest BCUT2D eigenvalue weighted by Gasteiger charge is -2.23. The van der Waals surface area contributed by atoms with E-state index >= 15 is 0 Å². The van der Waals surface area contributed by atoms with Gasteiger partial charge in [0.2, 0.25) is 0 Å². The average Bonchev–Trinajstić information content (AvgIpc) is 2.58. The standard InChI is InChI=1S/C19H15ClFN5/c1-10(2)13-7-22-16(12-5-11(20)3-4-15(12)21)6-17(13)26-19-14-8-23-18(14)24-9-25-19/h3-7,9H,1,8H2,2H3,(H2,22,23,24,25,26). The van der Waals surface area contributed by atoms with E-state index in [2.05, 4.69) is 32.2 Å². The van der Waals surface area contributed by atoms with Gasteiger partial charge >= 0.3 is 0 Å². The van der Waals surface area contributed by atoms with E-state index in [1.54, 1.807) is 18.3 Å². The van der Waals surface area contributed by atoms with Crippen molar-refractivity contribution in [1.29, 1.82) is 0 Å². The van der Waals surface area contributed by atoms with Crippen LogP contribution in [0.5, 0.6) is 0 Å². The molecule has 0 aliphatic carbocycles. The number of benzene rings is 1. The molecule has 1 aliphatic heterocycles. The van der Waals surface area contributed by atoms with Crippen molar-refractivity contribution < 1.29 is 4.39 Å². The minimum atomic E-state index is -0.383. The molecule has 0 atom stereocenters. The second-order valence-electron chi connectivity index (χ2n) is 6.05. The maximum Gasteiger partial charge on any atom is 0.140 e.